The van der Waals surface area contributed by atoms with Gasteiger partial charge in [0.05, 0.1) is 20.8 Å². The zero-order valence-electron chi connectivity index (χ0n) is 19.6. The van der Waals surface area contributed by atoms with E-state index in [1.165, 1.54) is 0 Å². The van der Waals surface area contributed by atoms with Crippen molar-refractivity contribution >= 4 is 41.5 Å². The maximum Gasteiger partial charge on any atom is 0.225 e. The van der Waals surface area contributed by atoms with Crippen molar-refractivity contribution in [3.63, 3.8) is 0 Å². The number of nitrogens with zero attached hydrogens (tertiary/aromatic N) is 2. The van der Waals surface area contributed by atoms with Gasteiger partial charge in [-0.15, -0.1) is 24.0 Å². The third-order valence-electron chi connectivity index (χ3n) is 4.92. The Balaban J connectivity index is 0.00000480. The Labute approximate surface area is 203 Å². The number of ether oxygens (including phenoxy) is 2. The summed E-state index contributed by atoms with van der Waals surface area (Å²) in [5, 5.41) is 9.73. The fraction of sp³-hybridized carbons (Fsp3) is 0.636. The molecule has 176 valence electrons. The molecule has 0 radical (unpaired) electrons. The average Bonchev–Trinajstić information content (AvgIpc) is 3.18. The number of hydrogen-bond donors (Lipinski definition) is 3. The largest absolute Gasteiger partial charge is 0.497 e. The molecule has 1 amide bonds. The number of carbonyl (C=O) groups excluding carboxylic acids is 1. The highest BCUT2D eigenvalue weighted by Gasteiger charge is 2.24. The Kier molecular flexibility index (Phi) is 11.2. The predicted molar refractivity (Wildman–Crippen MR) is 137 cm³/mol. The molecule has 0 aromatic heterocycles. The monoisotopic (exact) mass is 547 g/mol. The Morgan fingerprint density at radius 1 is 1.16 bits per heavy atom. The normalized spacial score (nSPS) is 16.4. The van der Waals surface area contributed by atoms with Gasteiger partial charge in [-0.2, -0.15) is 0 Å². The van der Waals surface area contributed by atoms with Crippen LogP contribution < -0.4 is 30.3 Å². The number of anilines is 1. The third kappa shape index (κ3) is 8.62. The molecule has 1 fully saturated rings. The second-order valence-corrected chi connectivity index (χ2v) is 8.41. The van der Waals surface area contributed by atoms with Gasteiger partial charge in [-0.05, 0) is 13.3 Å². The molecule has 1 heterocycles. The van der Waals surface area contributed by atoms with Crippen LogP contribution in [0.2, 0.25) is 0 Å². The SMILES string of the molecule is CCNC(=NCCNC(=O)C(C)(C)C)NC1CCN(c2cc(OC)cc(OC)c2)C1.I. The average molecular weight is 547 g/mol. The van der Waals surface area contributed by atoms with Gasteiger partial charge in [-0.1, -0.05) is 20.8 Å². The smallest absolute Gasteiger partial charge is 0.225 e. The van der Waals surface area contributed by atoms with Crippen molar-refractivity contribution in [2.45, 2.75) is 40.2 Å². The number of benzene rings is 1. The summed E-state index contributed by atoms with van der Waals surface area (Å²) >= 11 is 0. The molecule has 1 aromatic carbocycles. The van der Waals surface area contributed by atoms with E-state index in [0.29, 0.717) is 13.1 Å². The molecule has 9 heteroatoms. The summed E-state index contributed by atoms with van der Waals surface area (Å²) in [6.45, 7) is 11.4. The molecular weight excluding hydrogens is 509 g/mol. The second kappa shape index (κ2) is 12.8. The van der Waals surface area contributed by atoms with Gasteiger partial charge in [0.25, 0.3) is 0 Å². The fourth-order valence-corrected chi connectivity index (χ4v) is 3.20. The highest BCUT2D eigenvalue weighted by Crippen LogP contribution is 2.30. The topological polar surface area (TPSA) is 87.2 Å². The van der Waals surface area contributed by atoms with Crippen LogP contribution in [0.15, 0.2) is 23.2 Å². The van der Waals surface area contributed by atoms with Crippen LogP contribution in [0.3, 0.4) is 0 Å². The Morgan fingerprint density at radius 2 is 1.81 bits per heavy atom. The molecule has 1 aliphatic rings. The molecule has 0 bridgehead atoms. The van der Waals surface area contributed by atoms with Gasteiger partial charge in [0.2, 0.25) is 5.91 Å². The Bertz CT molecular complexity index is 714. The minimum absolute atomic E-state index is 0. The maximum absolute atomic E-state index is 12.0. The van der Waals surface area contributed by atoms with Crippen LogP contribution in [0, 0.1) is 5.41 Å². The predicted octanol–water partition coefficient (Wildman–Crippen LogP) is 2.62. The van der Waals surface area contributed by atoms with Crippen LogP contribution in [0.5, 0.6) is 11.5 Å². The van der Waals surface area contributed by atoms with Gasteiger partial charge in [0, 0.05) is 61.5 Å². The van der Waals surface area contributed by atoms with Crippen molar-refractivity contribution in [1.29, 1.82) is 0 Å². The molecule has 0 saturated carbocycles. The lowest BCUT2D eigenvalue weighted by Crippen LogP contribution is -2.45. The molecular formula is C22H38IN5O3. The van der Waals surface area contributed by atoms with Gasteiger partial charge in [-0.25, -0.2) is 0 Å². The molecule has 1 aliphatic heterocycles. The summed E-state index contributed by atoms with van der Waals surface area (Å²) in [7, 11) is 3.33. The van der Waals surface area contributed by atoms with E-state index in [1.807, 2.05) is 45.9 Å². The second-order valence-electron chi connectivity index (χ2n) is 8.41. The fourth-order valence-electron chi connectivity index (χ4n) is 3.20. The summed E-state index contributed by atoms with van der Waals surface area (Å²) in [6.07, 6.45) is 1.00. The van der Waals surface area contributed by atoms with Crippen molar-refractivity contribution in [2.75, 3.05) is 51.8 Å². The highest BCUT2D eigenvalue weighted by molar-refractivity contribution is 14.0. The number of halogens is 1. The number of hydrogen-bond acceptors (Lipinski definition) is 5. The first-order chi connectivity index (χ1) is 14.3. The van der Waals surface area contributed by atoms with Gasteiger partial charge >= 0.3 is 0 Å². The van der Waals surface area contributed by atoms with E-state index < -0.39 is 0 Å². The number of aliphatic imine (C=N–C) groups is 1. The van der Waals surface area contributed by atoms with Crippen molar-refractivity contribution in [2.24, 2.45) is 10.4 Å². The summed E-state index contributed by atoms with van der Waals surface area (Å²) in [5.41, 5.74) is 0.699. The van der Waals surface area contributed by atoms with E-state index in [4.69, 9.17) is 9.47 Å². The van der Waals surface area contributed by atoms with Gasteiger partial charge in [-0.3, -0.25) is 9.79 Å². The summed E-state index contributed by atoms with van der Waals surface area (Å²) in [4.78, 5) is 18.9. The highest BCUT2D eigenvalue weighted by atomic mass is 127. The zero-order chi connectivity index (χ0) is 22.1. The summed E-state index contributed by atoms with van der Waals surface area (Å²) in [5.74, 6) is 2.38. The van der Waals surface area contributed by atoms with Crippen molar-refractivity contribution in [3.05, 3.63) is 18.2 Å². The lowest BCUT2D eigenvalue weighted by Gasteiger charge is -2.21. The van der Waals surface area contributed by atoms with Gasteiger partial charge < -0.3 is 30.3 Å². The van der Waals surface area contributed by atoms with Gasteiger partial charge in [0.1, 0.15) is 11.5 Å². The van der Waals surface area contributed by atoms with Crippen LogP contribution in [-0.2, 0) is 4.79 Å². The maximum atomic E-state index is 12.0. The minimum Gasteiger partial charge on any atom is -0.497 e. The number of methoxy groups -OCH3 is 2. The molecule has 0 spiro atoms. The summed E-state index contributed by atoms with van der Waals surface area (Å²) in [6, 6.07) is 6.22. The Morgan fingerprint density at radius 3 is 2.35 bits per heavy atom. The number of rotatable bonds is 8. The quantitative estimate of drug-likeness (QED) is 0.201. The standard InChI is InChI=1S/C22H37N5O3.HI/c1-7-23-21(25-10-9-24-20(28)22(2,3)4)26-16-8-11-27(15-16)17-12-18(29-5)14-19(13-17)30-6;/h12-14,16H,7-11,15H2,1-6H3,(H,24,28)(H2,23,25,26);1H. The van der Waals surface area contributed by atoms with Crippen LogP contribution in [0.4, 0.5) is 5.69 Å². The molecule has 31 heavy (non-hydrogen) atoms. The van der Waals surface area contributed by atoms with Crippen LogP contribution in [0.25, 0.3) is 0 Å². The van der Waals surface area contributed by atoms with E-state index in [9.17, 15) is 4.79 Å². The van der Waals surface area contributed by atoms with Crippen molar-refractivity contribution in [1.82, 2.24) is 16.0 Å². The number of carbonyl (C=O) groups is 1. The minimum atomic E-state index is -0.386. The molecule has 3 N–H and O–H groups in total. The van der Waals surface area contributed by atoms with Crippen LogP contribution >= 0.6 is 24.0 Å². The van der Waals surface area contributed by atoms with Crippen LogP contribution in [0.1, 0.15) is 34.1 Å². The molecule has 1 saturated heterocycles. The van der Waals surface area contributed by atoms with E-state index in [0.717, 1.165) is 49.2 Å². The molecule has 2 rings (SSSR count). The third-order valence-corrected chi connectivity index (χ3v) is 4.92. The van der Waals surface area contributed by atoms with E-state index in [2.05, 4.69) is 25.8 Å². The summed E-state index contributed by atoms with van der Waals surface area (Å²) < 4.78 is 10.8. The first-order valence-electron chi connectivity index (χ1n) is 10.6. The lowest BCUT2D eigenvalue weighted by molar-refractivity contribution is -0.128. The number of nitrogens with one attached hydrogen (secondary N) is 3. The van der Waals surface area contributed by atoms with Crippen molar-refractivity contribution < 1.29 is 14.3 Å². The molecule has 1 aromatic rings. The number of guanidine groups is 1. The van der Waals surface area contributed by atoms with Gasteiger partial charge in [0.15, 0.2) is 5.96 Å². The molecule has 1 atom stereocenters. The molecule has 0 aliphatic carbocycles. The van der Waals surface area contributed by atoms with Crippen LogP contribution in [-0.4, -0.2) is 64.9 Å². The number of amides is 1. The zero-order valence-corrected chi connectivity index (χ0v) is 21.9. The molecule has 8 nitrogen and oxygen atoms in total. The van der Waals surface area contributed by atoms with E-state index in [1.54, 1.807) is 14.2 Å². The van der Waals surface area contributed by atoms with Crippen molar-refractivity contribution in [3.8, 4) is 11.5 Å². The lowest BCUT2D eigenvalue weighted by atomic mass is 9.96. The Hall–Kier alpha value is -1.91. The first-order valence-corrected chi connectivity index (χ1v) is 10.6. The molecule has 1 unspecified atom stereocenters. The van der Waals surface area contributed by atoms with E-state index >= 15 is 0 Å². The first kappa shape index (κ1) is 27.1. The van der Waals surface area contributed by atoms with E-state index in [-0.39, 0.29) is 41.3 Å².